The van der Waals surface area contributed by atoms with Crippen molar-refractivity contribution in [3.8, 4) is 44.5 Å². The first kappa shape index (κ1) is 41.5. The number of unbranched alkanes of at least 4 members (excludes halogenated alkanes) is 1. The summed E-state index contributed by atoms with van der Waals surface area (Å²) in [4.78, 5) is 47.4. The number of carbonyl (C=O) groups is 2. The van der Waals surface area contributed by atoms with Gasteiger partial charge in [0.2, 0.25) is 0 Å². The molecular weight excluding hydrogens is 821 g/mol. The molecule has 6 heteroatoms. The average molecular weight is 869 g/mol. The van der Waals surface area contributed by atoms with Gasteiger partial charge in [-0.25, -0.2) is 9.97 Å². The van der Waals surface area contributed by atoms with Gasteiger partial charge >= 0.3 is 0 Å². The Kier molecular flexibility index (Phi) is 10.5. The molecule has 0 fully saturated rings. The predicted octanol–water partition coefficient (Wildman–Crippen LogP) is 15.3. The molecule has 0 spiro atoms. The van der Waals surface area contributed by atoms with Crippen LogP contribution in [0.1, 0.15) is 91.9 Å². The van der Waals surface area contributed by atoms with Gasteiger partial charge in [-0.1, -0.05) is 145 Å². The Morgan fingerprint density at radius 2 is 0.806 bits per heavy atom. The van der Waals surface area contributed by atoms with Gasteiger partial charge in [0, 0.05) is 66.6 Å². The van der Waals surface area contributed by atoms with E-state index in [1.807, 2.05) is 24.3 Å². The lowest BCUT2D eigenvalue weighted by atomic mass is 9.79. The molecule has 0 saturated heterocycles. The van der Waals surface area contributed by atoms with Gasteiger partial charge in [0.05, 0.1) is 22.8 Å². The van der Waals surface area contributed by atoms with Crippen LogP contribution in [0.2, 0.25) is 0 Å². The van der Waals surface area contributed by atoms with Gasteiger partial charge in [-0.3, -0.25) is 9.59 Å². The van der Waals surface area contributed by atoms with Crippen LogP contribution in [0, 0.1) is 20.8 Å². The van der Waals surface area contributed by atoms with Crippen LogP contribution in [0.15, 0.2) is 151 Å². The number of aromatic nitrogens is 4. The number of aromatic amines is 2. The Balaban J connectivity index is 1.24. The van der Waals surface area contributed by atoms with Crippen LogP contribution in [0.4, 0.5) is 0 Å². The summed E-state index contributed by atoms with van der Waals surface area (Å²) in [5, 5.41) is 0. The van der Waals surface area contributed by atoms with E-state index in [4.69, 9.17) is 9.97 Å². The van der Waals surface area contributed by atoms with E-state index in [0.29, 0.717) is 34.3 Å². The first-order chi connectivity index (χ1) is 32.7. The quantitative estimate of drug-likeness (QED) is 0.159. The highest BCUT2D eigenvalue weighted by atomic mass is 16.1. The van der Waals surface area contributed by atoms with Crippen LogP contribution >= 0.6 is 0 Å². The molecule has 2 aliphatic heterocycles. The van der Waals surface area contributed by atoms with Crippen molar-refractivity contribution in [2.75, 3.05) is 0 Å². The van der Waals surface area contributed by atoms with Crippen LogP contribution in [0.25, 0.3) is 96.5 Å². The minimum absolute atomic E-state index is 0.0727. The third-order valence-corrected chi connectivity index (χ3v) is 13.2. The molecule has 11 rings (SSSR count). The van der Waals surface area contributed by atoms with Crippen molar-refractivity contribution in [2.24, 2.45) is 0 Å². The molecule has 5 aromatic carbocycles. The fourth-order valence-electron chi connectivity index (χ4n) is 9.74. The zero-order valence-electron chi connectivity index (χ0n) is 38.0. The van der Waals surface area contributed by atoms with E-state index in [1.54, 1.807) is 12.1 Å². The van der Waals surface area contributed by atoms with Crippen molar-refractivity contribution in [1.29, 1.82) is 0 Å². The Morgan fingerprint density at radius 1 is 0.418 bits per heavy atom. The van der Waals surface area contributed by atoms with Crippen molar-refractivity contribution in [3.05, 3.63) is 207 Å². The maximum Gasteiger partial charge on any atom is 0.194 e. The summed E-state index contributed by atoms with van der Waals surface area (Å²) < 4.78 is 0. The normalized spacial score (nSPS) is 13.1. The van der Waals surface area contributed by atoms with Gasteiger partial charge in [0.15, 0.2) is 11.6 Å². The summed E-state index contributed by atoms with van der Waals surface area (Å²) in [5.41, 5.74) is 20.9. The summed E-state index contributed by atoms with van der Waals surface area (Å²) >= 11 is 0. The molecule has 0 saturated carbocycles. The number of rotatable bonds is 8. The molecule has 0 unspecified atom stereocenters. The SMILES string of the molecule is CCCCC1=C(c2cccc(-c3c4nc(c(-c5ccc(C)cc5)c5ccc([nH]5)c(-c5ccc(C)cc5)c5nc(c(-c6ccc(C)cc6)c6ccc3[nH]6)C=C5)C=C4)c2)C(=O)c2ccccc2C1=O. The number of nitrogens with one attached hydrogen (secondary N) is 2. The van der Waals surface area contributed by atoms with Gasteiger partial charge in [0.1, 0.15) is 0 Å². The first-order valence-corrected chi connectivity index (χ1v) is 23.1. The van der Waals surface area contributed by atoms with Crippen molar-refractivity contribution >= 4 is 63.5 Å². The van der Waals surface area contributed by atoms with Crippen molar-refractivity contribution in [1.82, 2.24) is 19.9 Å². The highest BCUT2D eigenvalue weighted by Crippen LogP contribution is 2.41. The van der Waals surface area contributed by atoms with Gasteiger partial charge in [-0.2, -0.15) is 0 Å². The molecule has 324 valence electrons. The van der Waals surface area contributed by atoms with E-state index in [9.17, 15) is 9.59 Å². The van der Waals surface area contributed by atoms with Gasteiger partial charge in [-0.05, 0) is 116 Å². The van der Waals surface area contributed by atoms with Gasteiger partial charge in [0.25, 0.3) is 0 Å². The maximum absolute atomic E-state index is 14.5. The molecule has 8 aromatic rings. The van der Waals surface area contributed by atoms with E-state index in [1.165, 1.54) is 16.7 Å². The number of hydrogen-bond acceptors (Lipinski definition) is 4. The zero-order chi connectivity index (χ0) is 45.8. The summed E-state index contributed by atoms with van der Waals surface area (Å²) in [6.45, 7) is 8.41. The maximum atomic E-state index is 14.5. The smallest absolute Gasteiger partial charge is 0.194 e. The lowest BCUT2D eigenvalue weighted by Crippen LogP contribution is -2.21. The van der Waals surface area contributed by atoms with Crippen LogP contribution in [0.5, 0.6) is 0 Å². The minimum atomic E-state index is -0.123. The number of benzene rings is 5. The Labute approximate surface area is 390 Å². The molecule has 67 heavy (non-hydrogen) atoms. The number of carbonyl (C=O) groups excluding carboxylic acids is 2. The summed E-state index contributed by atoms with van der Waals surface area (Å²) in [5.74, 6) is -0.196. The summed E-state index contributed by atoms with van der Waals surface area (Å²) in [6.07, 6.45) is 10.7. The molecule has 1 aliphatic carbocycles. The zero-order valence-corrected chi connectivity index (χ0v) is 38.0. The number of H-pyrrole nitrogens is 2. The third-order valence-electron chi connectivity index (χ3n) is 13.2. The molecule has 8 bridgehead atoms. The molecule has 3 aromatic heterocycles. The van der Waals surface area contributed by atoms with E-state index in [-0.39, 0.29) is 11.6 Å². The monoisotopic (exact) mass is 868 g/mol. The highest BCUT2D eigenvalue weighted by molar-refractivity contribution is 6.40. The highest BCUT2D eigenvalue weighted by Gasteiger charge is 2.32. The van der Waals surface area contributed by atoms with Crippen LogP contribution in [0.3, 0.4) is 0 Å². The number of nitrogens with zero attached hydrogens (tertiary/aromatic N) is 2. The van der Waals surface area contributed by atoms with Crippen molar-refractivity contribution in [3.63, 3.8) is 0 Å². The molecule has 0 atom stereocenters. The van der Waals surface area contributed by atoms with Gasteiger partial charge in [-0.15, -0.1) is 0 Å². The predicted molar refractivity (Wildman–Crippen MR) is 276 cm³/mol. The number of hydrogen-bond donors (Lipinski definition) is 2. The van der Waals surface area contributed by atoms with Gasteiger partial charge < -0.3 is 9.97 Å². The summed E-state index contributed by atoms with van der Waals surface area (Å²) in [6, 6.07) is 49.6. The van der Waals surface area contributed by atoms with Crippen LogP contribution < -0.4 is 0 Å². The lowest BCUT2D eigenvalue weighted by Gasteiger charge is -2.22. The molecule has 0 radical (unpaired) electrons. The second kappa shape index (κ2) is 17.0. The number of Topliss-reactive ketones (excluding diaryl/α,β-unsaturated/α-hetero) is 2. The average Bonchev–Trinajstić information content (AvgIpc) is 4.20. The third kappa shape index (κ3) is 7.50. The molecule has 5 heterocycles. The van der Waals surface area contributed by atoms with E-state index >= 15 is 0 Å². The Bertz CT molecular complexity index is 3550. The van der Waals surface area contributed by atoms with E-state index in [0.717, 1.165) is 102 Å². The second-order valence-electron chi connectivity index (χ2n) is 17.8. The number of fused-ring (bicyclic) bond motifs is 9. The van der Waals surface area contributed by atoms with Crippen molar-refractivity contribution < 1.29 is 9.59 Å². The second-order valence-corrected chi connectivity index (χ2v) is 17.8. The minimum Gasteiger partial charge on any atom is -0.354 e. The molecule has 3 aliphatic rings. The Hall–Kier alpha value is -8.22. The number of allylic oxidation sites excluding steroid dienone is 2. The summed E-state index contributed by atoms with van der Waals surface area (Å²) in [7, 11) is 0. The Morgan fingerprint density at radius 3 is 1.22 bits per heavy atom. The van der Waals surface area contributed by atoms with E-state index < -0.39 is 0 Å². The molecule has 6 nitrogen and oxygen atoms in total. The standard InChI is InChI=1S/C61H48N4O2/c1-5-6-12-46-55(61(67)45-14-8-7-13-44(45)60(46)66)42-10-9-11-43(35-42)59-53-33-31-51(64-53)57(40-23-17-37(3)18-24-40)49-29-27-47(62-49)56(39-21-15-36(2)16-22-39)48-28-30-50(63-48)58(52-32-34-54(59)65-52)41-25-19-38(4)20-26-41/h7-11,13-35,62,65H,5-6,12H2,1-4H3. The van der Waals surface area contributed by atoms with Crippen molar-refractivity contribution in [2.45, 2.75) is 47.0 Å². The van der Waals surface area contributed by atoms with Crippen LogP contribution in [-0.4, -0.2) is 31.5 Å². The fraction of sp³-hybridized carbons (Fsp3) is 0.115. The first-order valence-electron chi connectivity index (χ1n) is 23.1. The molecule has 0 amide bonds. The number of ketones is 2. The fourth-order valence-corrected chi connectivity index (χ4v) is 9.74. The lowest BCUT2D eigenvalue weighted by molar-refractivity contribution is 0.0988. The number of aryl methyl sites for hydroxylation is 3. The molecule has 2 N–H and O–H groups in total. The van der Waals surface area contributed by atoms with Crippen LogP contribution in [-0.2, 0) is 0 Å². The topological polar surface area (TPSA) is 91.5 Å². The van der Waals surface area contributed by atoms with E-state index in [2.05, 4.69) is 171 Å². The molecular formula is C61H48N4O2. The largest absolute Gasteiger partial charge is 0.354 e.